The molecule has 0 aromatic carbocycles. The highest BCUT2D eigenvalue weighted by Gasteiger charge is 2.58. The summed E-state index contributed by atoms with van der Waals surface area (Å²) in [5.41, 5.74) is -1.25. The molecular weight excluding hydrogens is 234 g/mol. The molecule has 1 aliphatic heterocycles. The number of amides is 2. The first-order valence-corrected chi connectivity index (χ1v) is 6.55. The fourth-order valence-corrected chi connectivity index (χ4v) is 2.70. The number of imide groups is 1. The van der Waals surface area contributed by atoms with E-state index >= 15 is 0 Å². The maximum atomic E-state index is 12.3. The summed E-state index contributed by atoms with van der Waals surface area (Å²) < 4.78 is 0. The van der Waals surface area contributed by atoms with Crippen molar-refractivity contribution in [1.29, 1.82) is 0 Å². The number of hydrogen-bond acceptors (Lipinski definition) is 3. The number of hydrogen-bond donors (Lipinski definition) is 0. The van der Waals surface area contributed by atoms with Gasteiger partial charge in [0.2, 0.25) is 11.8 Å². The molecule has 0 bridgehead atoms. The molecule has 0 spiro atoms. The van der Waals surface area contributed by atoms with E-state index in [2.05, 4.69) is 0 Å². The number of thiophene rings is 1. The Labute approximate surface area is 105 Å². The van der Waals surface area contributed by atoms with Crippen LogP contribution in [-0.4, -0.2) is 16.7 Å². The second kappa shape index (κ2) is 3.67. The Morgan fingerprint density at radius 1 is 1.12 bits per heavy atom. The van der Waals surface area contributed by atoms with E-state index < -0.39 is 10.8 Å². The Balaban J connectivity index is 2.32. The lowest BCUT2D eigenvalue weighted by atomic mass is 9.70. The lowest BCUT2D eigenvalue weighted by Crippen LogP contribution is -2.35. The van der Waals surface area contributed by atoms with Crippen LogP contribution in [0.1, 0.15) is 32.6 Å². The van der Waals surface area contributed by atoms with Gasteiger partial charge < -0.3 is 0 Å². The zero-order valence-electron chi connectivity index (χ0n) is 10.6. The molecule has 0 atom stereocenters. The van der Waals surface area contributed by atoms with E-state index in [1.54, 1.807) is 11.3 Å². The van der Waals surface area contributed by atoms with Crippen LogP contribution in [0.3, 0.4) is 0 Å². The maximum Gasteiger partial charge on any atom is 0.236 e. The number of rotatable bonds is 2. The lowest BCUT2D eigenvalue weighted by molar-refractivity contribution is -0.142. The molecule has 17 heavy (non-hydrogen) atoms. The van der Waals surface area contributed by atoms with Gasteiger partial charge in [-0.1, -0.05) is 6.07 Å². The van der Waals surface area contributed by atoms with Crippen LogP contribution in [0.2, 0.25) is 0 Å². The van der Waals surface area contributed by atoms with Crippen LogP contribution in [0.25, 0.3) is 0 Å². The highest BCUT2D eigenvalue weighted by Crippen LogP contribution is 2.47. The van der Waals surface area contributed by atoms with Gasteiger partial charge in [0.15, 0.2) is 0 Å². The van der Waals surface area contributed by atoms with E-state index in [1.807, 2.05) is 45.2 Å². The average molecular weight is 251 g/mol. The number of carbonyl (C=O) groups excluding carboxylic acids is 2. The summed E-state index contributed by atoms with van der Waals surface area (Å²) in [7, 11) is 0. The molecule has 1 fully saturated rings. The van der Waals surface area contributed by atoms with Crippen LogP contribution in [-0.2, 0) is 16.1 Å². The molecule has 4 heteroatoms. The number of carbonyl (C=O) groups is 2. The normalized spacial score (nSPS) is 22.2. The Kier molecular flexibility index (Phi) is 2.65. The second-order valence-corrected chi connectivity index (χ2v) is 6.56. The molecule has 92 valence electrons. The van der Waals surface area contributed by atoms with Gasteiger partial charge in [-0.25, -0.2) is 0 Å². The fourth-order valence-electron chi connectivity index (χ4n) is 2.00. The number of nitrogens with zero attached hydrogens (tertiary/aromatic N) is 1. The van der Waals surface area contributed by atoms with Crippen molar-refractivity contribution in [2.45, 2.75) is 34.2 Å². The van der Waals surface area contributed by atoms with Crippen molar-refractivity contribution in [3.8, 4) is 0 Å². The van der Waals surface area contributed by atoms with Gasteiger partial charge in [-0.3, -0.25) is 14.5 Å². The molecule has 2 amide bonds. The maximum absolute atomic E-state index is 12.3. The van der Waals surface area contributed by atoms with E-state index in [9.17, 15) is 9.59 Å². The standard InChI is InChI=1S/C13H17NO2S/c1-12(2)10(15)14(11(16)13(12,3)4)8-9-6-5-7-17-9/h5-7H,8H2,1-4H3. The first kappa shape index (κ1) is 12.3. The smallest absolute Gasteiger partial charge is 0.236 e. The molecular formula is C13H17NO2S. The van der Waals surface area contributed by atoms with Gasteiger partial charge in [0.1, 0.15) is 0 Å². The third-order valence-electron chi connectivity index (χ3n) is 4.02. The first-order valence-electron chi connectivity index (χ1n) is 5.67. The van der Waals surface area contributed by atoms with Crippen LogP contribution in [0, 0.1) is 10.8 Å². The summed E-state index contributed by atoms with van der Waals surface area (Å²) in [4.78, 5) is 27.0. The van der Waals surface area contributed by atoms with Crippen molar-refractivity contribution in [2.24, 2.45) is 10.8 Å². The van der Waals surface area contributed by atoms with Gasteiger partial charge in [-0.15, -0.1) is 11.3 Å². The summed E-state index contributed by atoms with van der Waals surface area (Å²) >= 11 is 1.57. The number of likely N-dealkylation sites (tertiary alicyclic amines) is 1. The van der Waals surface area contributed by atoms with E-state index in [4.69, 9.17) is 0 Å². The molecule has 0 radical (unpaired) electrons. The molecule has 0 saturated carbocycles. The molecule has 0 unspecified atom stereocenters. The van der Waals surface area contributed by atoms with Crippen molar-refractivity contribution in [3.05, 3.63) is 22.4 Å². The van der Waals surface area contributed by atoms with Gasteiger partial charge in [0.05, 0.1) is 17.4 Å². The topological polar surface area (TPSA) is 37.4 Å². The second-order valence-electron chi connectivity index (χ2n) is 5.53. The third-order valence-corrected chi connectivity index (χ3v) is 4.88. The summed E-state index contributed by atoms with van der Waals surface area (Å²) in [6.07, 6.45) is 0. The lowest BCUT2D eigenvalue weighted by Gasteiger charge is -2.28. The average Bonchev–Trinajstić information content (AvgIpc) is 2.79. The van der Waals surface area contributed by atoms with Crippen LogP contribution < -0.4 is 0 Å². The molecule has 1 aromatic heterocycles. The summed E-state index contributed by atoms with van der Waals surface area (Å²) in [6, 6.07) is 3.88. The zero-order chi connectivity index (χ0) is 12.8. The predicted molar refractivity (Wildman–Crippen MR) is 67.4 cm³/mol. The molecule has 2 rings (SSSR count). The summed E-state index contributed by atoms with van der Waals surface area (Å²) in [5.74, 6) is -0.137. The minimum Gasteiger partial charge on any atom is -0.276 e. The van der Waals surface area contributed by atoms with E-state index in [-0.39, 0.29) is 11.8 Å². The van der Waals surface area contributed by atoms with Gasteiger partial charge in [-0.05, 0) is 39.1 Å². The predicted octanol–water partition coefficient (Wildman–Crippen LogP) is 2.67. The minimum atomic E-state index is -0.624. The highest BCUT2D eigenvalue weighted by atomic mass is 32.1. The minimum absolute atomic E-state index is 0.0686. The van der Waals surface area contributed by atoms with Crippen molar-refractivity contribution in [2.75, 3.05) is 0 Å². The largest absolute Gasteiger partial charge is 0.276 e. The van der Waals surface area contributed by atoms with Crippen molar-refractivity contribution < 1.29 is 9.59 Å². The van der Waals surface area contributed by atoms with Crippen molar-refractivity contribution in [1.82, 2.24) is 4.90 Å². The molecule has 2 heterocycles. The fraction of sp³-hybridized carbons (Fsp3) is 0.538. The monoisotopic (exact) mass is 251 g/mol. The quantitative estimate of drug-likeness (QED) is 0.758. The Bertz CT molecular complexity index is 434. The summed E-state index contributed by atoms with van der Waals surface area (Å²) in [5, 5.41) is 1.96. The molecule has 1 aliphatic rings. The van der Waals surface area contributed by atoms with Gasteiger partial charge in [0.25, 0.3) is 0 Å². The van der Waals surface area contributed by atoms with Crippen LogP contribution in [0.5, 0.6) is 0 Å². The molecule has 3 nitrogen and oxygen atoms in total. The van der Waals surface area contributed by atoms with Gasteiger partial charge in [-0.2, -0.15) is 0 Å². The molecule has 0 aliphatic carbocycles. The highest BCUT2D eigenvalue weighted by molar-refractivity contribution is 7.09. The zero-order valence-corrected chi connectivity index (χ0v) is 11.4. The SMILES string of the molecule is CC1(C)C(=O)N(Cc2cccs2)C(=O)C1(C)C. The van der Waals surface area contributed by atoms with Gasteiger partial charge >= 0.3 is 0 Å². The Hall–Kier alpha value is -1.16. The Morgan fingerprint density at radius 3 is 2.06 bits per heavy atom. The van der Waals surface area contributed by atoms with Crippen molar-refractivity contribution >= 4 is 23.2 Å². The van der Waals surface area contributed by atoms with E-state index in [1.165, 1.54) is 4.90 Å². The van der Waals surface area contributed by atoms with E-state index in [0.717, 1.165) is 4.88 Å². The molecule has 0 N–H and O–H groups in total. The van der Waals surface area contributed by atoms with Crippen LogP contribution >= 0.6 is 11.3 Å². The summed E-state index contributed by atoms with van der Waals surface area (Å²) in [6.45, 7) is 7.80. The Morgan fingerprint density at radius 2 is 1.65 bits per heavy atom. The van der Waals surface area contributed by atoms with Gasteiger partial charge in [0, 0.05) is 4.88 Å². The molecule has 1 aromatic rings. The van der Waals surface area contributed by atoms with Crippen LogP contribution in [0.4, 0.5) is 0 Å². The third kappa shape index (κ3) is 1.62. The van der Waals surface area contributed by atoms with E-state index in [0.29, 0.717) is 6.54 Å². The van der Waals surface area contributed by atoms with Crippen molar-refractivity contribution in [3.63, 3.8) is 0 Å². The molecule has 1 saturated heterocycles. The first-order chi connectivity index (χ1) is 7.78. The van der Waals surface area contributed by atoms with Crippen LogP contribution in [0.15, 0.2) is 17.5 Å².